The largest absolute Gasteiger partial charge is 0.507 e. The molecule has 1 N–H and O–H groups in total. The average molecular weight is 229 g/mol. The zero-order valence-electron chi connectivity index (χ0n) is 6.00. The molecule has 3 nitrogen and oxygen atoms in total. The van der Waals surface area contributed by atoms with E-state index in [2.05, 4.69) is 15.9 Å². The summed E-state index contributed by atoms with van der Waals surface area (Å²) in [7, 11) is 0. The summed E-state index contributed by atoms with van der Waals surface area (Å²) in [6.45, 7) is 0.239. The van der Waals surface area contributed by atoms with Gasteiger partial charge in [-0.1, -0.05) is 15.9 Å². The number of ether oxygens (including phenoxy) is 1. The zero-order valence-corrected chi connectivity index (χ0v) is 7.59. The van der Waals surface area contributed by atoms with Crippen LogP contribution in [0.3, 0.4) is 0 Å². The second kappa shape index (κ2) is 2.48. The van der Waals surface area contributed by atoms with Gasteiger partial charge < -0.3 is 9.84 Å². The minimum Gasteiger partial charge on any atom is -0.507 e. The number of carbonyl (C=O) groups excluding carboxylic acids is 1. The van der Waals surface area contributed by atoms with Crippen LogP contribution in [0.5, 0.6) is 5.75 Å². The normalized spacial score (nSPS) is 14.2. The number of aromatic hydroxyl groups is 1. The molecule has 12 heavy (non-hydrogen) atoms. The first-order valence-corrected chi connectivity index (χ1v) is 4.17. The molecular weight excluding hydrogens is 224 g/mol. The van der Waals surface area contributed by atoms with Gasteiger partial charge in [-0.2, -0.15) is 0 Å². The SMILES string of the molecule is O=C1OCc2c(Br)ccc(O)c21. The highest BCUT2D eigenvalue weighted by Crippen LogP contribution is 2.33. The lowest BCUT2D eigenvalue weighted by Crippen LogP contribution is -1.93. The fourth-order valence-electron chi connectivity index (χ4n) is 1.19. The van der Waals surface area contributed by atoms with Crippen LogP contribution < -0.4 is 0 Å². The number of phenolic OH excluding ortho intramolecular Hbond substituents is 1. The molecule has 1 heterocycles. The summed E-state index contributed by atoms with van der Waals surface area (Å²) in [4.78, 5) is 11.0. The molecule has 62 valence electrons. The minimum absolute atomic E-state index is 0.0179. The number of carbonyl (C=O) groups is 1. The number of hydrogen-bond donors (Lipinski definition) is 1. The quantitative estimate of drug-likeness (QED) is 0.690. The van der Waals surface area contributed by atoms with Gasteiger partial charge in [0.25, 0.3) is 0 Å². The summed E-state index contributed by atoms with van der Waals surface area (Å²) in [6, 6.07) is 3.16. The van der Waals surface area contributed by atoms with Gasteiger partial charge in [0.05, 0.1) is 0 Å². The van der Waals surface area contributed by atoms with E-state index in [1.54, 1.807) is 6.07 Å². The molecule has 4 heteroatoms. The van der Waals surface area contributed by atoms with Crippen LogP contribution in [0.2, 0.25) is 0 Å². The Morgan fingerprint density at radius 1 is 1.50 bits per heavy atom. The summed E-state index contributed by atoms with van der Waals surface area (Å²) in [5.74, 6) is -0.473. The predicted octanol–water partition coefficient (Wildman–Crippen LogP) is 1.83. The fraction of sp³-hybridized carbons (Fsp3) is 0.125. The Balaban J connectivity index is 2.72. The van der Waals surface area contributed by atoms with Gasteiger partial charge in [0.1, 0.15) is 17.9 Å². The molecule has 1 aromatic rings. The van der Waals surface area contributed by atoms with E-state index in [0.29, 0.717) is 0 Å². The van der Waals surface area contributed by atoms with Gasteiger partial charge in [-0.3, -0.25) is 0 Å². The van der Waals surface area contributed by atoms with E-state index in [9.17, 15) is 9.90 Å². The Kier molecular flexibility index (Phi) is 1.58. The van der Waals surface area contributed by atoms with Crippen LogP contribution in [0, 0.1) is 0 Å². The number of benzene rings is 1. The molecule has 0 radical (unpaired) electrons. The Hall–Kier alpha value is -1.03. The van der Waals surface area contributed by atoms with Gasteiger partial charge in [0.2, 0.25) is 0 Å². The molecular formula is C8H5BrO3. The van der Waals surface area contributed by atoms with Gasteiger partial charge in [-0.25, -0.2) is 4.79 Å². The van der Waals surface area contributed by atoms with Crippen molar-refractivity contribution in [1.29, 1.82) is 0 Å². The lowest BCUT2D eigenvalue weighted by Gasteiger charge is -1.99. The van der Waals surface area contributed by atoms with Crippen molar-refractivity contribution in [2.75, 3.05) is 0 Å². The molecule has 1 aliphatic heterocycles. The van der Waals surface area contributed by atoms with Crippen LogP contribution in [0.4, 0.5) is 0 Å². The van der Waals surface area contributed by atoms with Crippen molar-refractivity contribution >= 4 is 21.9 Å². The van der Waals surface area contributed by atoms with Gasteiger partial charge in [-0.05, 0) is 12.1 Å². The van der Waals surface area contributed by atoms with E-state index in [1.807, 2.05) is 0 Å². The number of esters is 1. The van der Waals surface area contributed by atoms with Crippen molar-refractivity contribution in [3.63, 3.8) is 0 Å². The fourth-order valence-corrected chi connectivity index (χ4v) is 1.63. The maximum absolute atomic E-state index is 11.0. The molecule has 0 aliphatic carbocycles. The highest BCUT2D eigenvalue weighted by molar-refractivity contribution is 9.10. The Morgan fingerprint density at radius 2 is 2.25 bits per heavy atom. The first kappa shape index (κ1) is 7.61. The van der Waals surface area contributed by atoms with Crippen LogP contribution in [0.15, 0.2) is 16.6 Å². The van der Waals surface area contributed by atoms with Crippen molar-refractivity contribution in [1.82, 2.24) is 0 Å². The number of fused-ring (bicyclic) bond motifs is 1. The Morgan fingerprint density at radius 3 is 2.92 bits per heavy atom. The summed E-state index contributed by atoms with van der Waals surface area (Å²) in [5.41, 5.74) is 1.00. The topological polar surface area (TPSA) is 46.5 Å². The molecule has 0 spiro atoms. The average Bonchev–Trinajstić information content (AvgIpc) is 2.42. The first-order chi connectivity index (χ1) is 5.70. The van der Waals surface area contributed by atoms with Gasteiger partial charge >= 0.3 is 5.97 Å². The minimum atomic E-state index is -0.455. The van der Waals surface area contributed by atoms with Crippen molar-refractivity contribution in [2.24, 2.45) is 0 Å². The van der Waals surface area contributed by atoms with Gasteiger partial charge in [0.15, 0.2) is 0 Å². The van der Waals surface area contributed by atoms with Crippen LogP contribution in [-0.4, -0.2) is 11.1 Å². The molecule has 2 rings (SSSR count). The second-order valence-corrected chi connectivity index (χ2v) is 3.35. The lowest BCUT2D eigenvalue weighted by atomic mass is 10.1. The third-order valence-electron chi connectivity index (χ3n) is 1.79. The molecule has 0 atom stereocenters. The molecule has 1 aromatic carbocycles. The third-order valence-corrected chi connectivity index (χ3v) is 2.53. The molecule has 0 amide bonds. The van der Waals surface area contributed by atoms with E-state index >= 15 is 0 Å². The molecule has 0 saturated carbocycles. The van der Waals surface area contributed by atoms with Crippen LogP contribution in [0.1, 0.15) is 15.9 Å². The number of hydrogen-bond acceptors (Lipinski definition) is 3. The molecule has 1 aliphatic rings. The van der Waals surface area contributed by atoms with E-state index in [1.165, 1.54) is 6.07 Å². The standard InChI is InChI=1S/C8H5BrO3/c9-5-1-2-6(10)7-4(5)3-12-8(7)11/h1-2,10H,3H2. The number of cyclic esters (lactones) is 1. The third kappa shape index (κ3) is 0.914. The molecule has 0 aromatic heterocycles. The second-order valence-electron chi connectivity index (χ2n) is 2.50. The van der Waals surface area contributed by atoms with Crippen LogP contribution in [-0.2, 0) is 11.3 Å². The zero-order chi connectivity index (χ0) is 8.72. The Labute approximate surface area is 77.1 Å². The number of phenols is 1. The molecule has 0 fully saturated rings. The molecule has 0 unspecified atom stereocenters. The maximum Gasteiger partial charge on any atom is 0.342 e. The van der Waals surface area contributed by atoms with Gasteiger partial charge in [-0.15, -0.1) is 0 Å². The van der Waals surface area contributed by atoms with E-state index < -0.39 is 5.97 Å². The molecule has 0 bridgehead atoms. The first-order valence-electron chi connectivity index (χ1n) is 3.37. The van der Waals surface area contributed by atoms with Crippen LogP contribution >= 0.6 is 15.9 Å². The Bertz CT molecular complexity index is 360. The van der Waals surface area contributed by atoms with E-state index in [-0.39, 0.29) is 17.9 Å². The summed E-state index contributed by atoms with van der Waals surface area (Å²) in [6.07, 6.45) is 0. The number of halogens is 1. The van der Waals surface area contributed by atoms with Crippen LogP contribution in [0.25, 0.3) is 0 Å². The highest BCUT2D eigenvalue weighted by atomic mass is 79.9. The summed E-state index contributed by atoms with van der Waals surface area (Å²) < 4.78 is 5.55. The van der Waals surface area contributed by atoms with Crippen molar-refractivity contribution in [3.05, 3.63) is 27.7 Å². The summed E-state index contributed by atoms with van der Waals surface area (Å²) >= 11 is 3.27. The maximum atomic E-state index is 11.0. The monoisotopic (exact) mass is 228 g/mol. The van der Waals surface area contributed by atoms with Gasteiger partial charge in [0, 0.05) is 10.0 Å². The van der Waals surface area contributed by atoms with Crippen molar-refractivity contribution in [2.45, 2.75) is 6.61 Å². The number of rotatable bonds is 0. The van der Waals surface area contributed by atoms with Crippen molar-refractivity contribution < 1.29 is 14.6 Å². The van der Waals surface area contributed by atoms with E-state index in [0.717, 1.165) is 10.0 Å². The summed E-state index contributed by atoms with van der Waals surface area (Å²) in [5, 5.41) is 9.30. The lowest BCUT2D eigenvalue weighted by molar-refractivity contribution is 0.0533. The highest BCUT2D eigenvalue weighted by Gasteiger charge is 2.26. The van der Waals surface area contributed by atoms with E-state index in [4.69, 9.17) is 4.74 Å². The predicted molar refractivity (Wildman–Crippen MR) is 44.9 cm³/mol. The smallest absolute Gasteiger partial charge is 0.342 e. The van der Waals surface area contributed by atoms with Crippen molar-refractivity contribution in [3.8, 4) is 5.75 Å². The molecule has 0 saturated heterocycles.